The first-order valence-electron chi connectivity index (χ1n) is 10.4. The van der Waals surface area contributed by atoms with E-state index in [-0.39, 0.29) is 17.5 Å². The fraction of sp³-hybridized carbons (Fsp3) is 0.429. The van der Waals surface area contributed by atoms with Crippen LogP contribution in [0.3, 0.4) is 0 Å². The molecule has 3 amide bonds. The molecule has 31 heavy (non-hydrogen) atoms. The van der Waals surface area contributed by atoms with Crippen molar-refractivity contribution in [3.8, 4) is 0 Å². The Morgan fingerprint density at radius 1 is 1.29 bits per heavy atom. The molecule has 10 heteroatoms. The number of likely N-dealkylation sites (tertiary alicyclic amines) is 1. The van der Waals surface area contributed by atoms with E-state index in [1.165, 1.54) is 6.20 Å². The third-order valence-electron chi connectivity index (χ3n) is 5.23. The van der Waals surface area contributed by atoms with Gasteiger partial charge in [-0.15, -0.1) is 0 Å². The molecule has 2 heterocycles. The summed E-state index contributed by atoms with van der Waals surface area (Å²) in [6.07, 6.45) is 4.40. The number of anilines is 4. The quantitative estimate of drug-likeness (QED) is 0.485. The third kappa shape index (κ3) is 5.97. The predicted molar refractivity (Wildman–Crippen MR) is 123 cm³/mol. The SMILES string of the molecule is CCC(C)CNc1nc(Nc2ccc(Cl)c(NC(=O)N3CCCC3)c2)ncc1C(N)=O. The van der Waals surface area contributed by atoms with Crippen LogP contribution in [0.25, 0.3) is 0 Å². The van der Waals surface area contributed by atoms with E-state index in [1.807, 2.05) is 0 Å². The normalized spacial score (nSPS) is 14.2. The molecule has 1 aromatic carbocycles. The molecule has 0 bridgehead atoms. The van der Waals surface area contributed by atoms with E-state index in [9.17, 15) is 9.59 Å². The second-order valence-electron chi connectivity index (χ2n) is 7.66. The van der Waals surface area contributed by atoms with Gasteiger partial charge in [0, 0.05) is 31.5 Å². The summed E-state index contributed by atoms with van der Waals surface area (Å²) in [6.45, 7) is 6.33. The van der Waals surface area contributed by atoms with Crippen LogP contribution in [-0.2, 0) is 0 Å². The van der Waals surface area contributed by atoms with Gasteiger partial charge in [0.05, 0.1) is 16.3 Å². The number of aromatic nitrogens is 2. The Morgan fingerprint density at radius 2 is 2.03 bits per heavy atom. The second kappa shape index (κ2) is 10.3. The van der Waals surface area contributed by atoms with E-state index < -0.39 is 5.91 Å². The van der Waals surface area contributed by atoms with Crippen molar-refractivity contribution in [3.63, 3.8) is 0 Å². The van der Waals surface area contributed by atoms with Gasteiger partial charge in [-0.25, -0.2) is 9.78 Å². The molecule has 5 N–H and O–H groups in total. The minimum Gasteiger partial charge on any atom is -0.369 e. The summed E-state index contributed by atoms with van der Waals surface area (Å²) in [5.74, 6) is 0.472. The van der Waals surface area contributed by atoms with E-state index in [0.29, 0.717) is 34.7 Å². The highest BCUT2D eigenvalue weighted by Gasteiger charge is 2.19. The van der Waals surface area contributed by atoms with Crippen molar-refractivity contribution < 1.29 is 9.59 Å². The molecule has 3 rings (SSSR count). The van der Waals surface area contributed by atoms with Crippen LogP contribution >= 0.6 is 11.6 Å². The first-order valence-corrected chi connectivity index (χ1v) is 10.8. The van der Waals surface area contributed by atoms with Crippen molar-refractivity contribution in [2.24, 2.45) is 11.7 Å². The smallest absolute Gasteiger partial charge is 0.321 e. The lowest BCUT2D eigenvalue weighted by atomic mass is 10.1. The van der Waals surface area contributed by atoms with Gasteiger partial charge in [0.15, 0.2) is 0 Å². The second-order valence-corrected chi connectivity index (χ2v) is 8.07. The summed E-state index contributed by atoms with van der Waals surface area (Å²) >= 11 is 6.26. The van der Waals surface area contributed by atoms with Crippen molar-refractivity contribution in [2.75, 3.05) is 35.6 Å². The molecule has 166 valence electrons. The van der Waals surface area contributed by atoms with Crippen LogP contribution in [0.4, 0.5) is 27.9 Å². The molecule has 2 aromatic rings. The average molecular weight is 446 g/mol. The minimum atomic E-state index is -0.600. The van der Waals surface area contributed by atoms with Crippen molar-refractivity contribution in [1.29, 1.82) is 0 Å². The zero-order chi connectivity index (χ0) is 22.4. The van der Waals surface area contributed by atoms with Gasteiger partial charge in [0.25, 0.3) is 5.91 Å². The number of carbonyl (C=O) groups excluding carboxylic acids is 2. The van der Waals surface area contributed by atoms with E-state index >= 15 is 0 Å². The molecule has 1 atom stereocenters. The molecular formula is C21H28ClN7O2. The number of primary amides is 1. The van der Waals surface area contributed by atoms with Gasteiger partial charge >= 0.3 is 6.03 Å². The summed E-state index contributed by atoms with van der Waals surface area (Å²) in [5, 5.41) is 9.54. The summed E-state index contributed by atoms with van der Waals surface area (Å²) in [5.41, 5.74) is 6.81. The molecule has 1 fully saturated rings. The summed E-state index contributed by atoms with van der Waals surface area (Å²) in [4.78, 5) is 34.5. The molecule has 0 spiro atoms. The van der Waals surface area contributed by atoms with Gasteiger partial charge in [0.2, 0.25) is 5.95 Å². The van der Waals surface area contributed by atoms with Crippen molar-refractivity contribution in [3.05, 3.63) is 35.0 Å². The van der Waals surface area contributed by atoms with Crippen molar-refractivity contribution in [2.45, 2.75) is 33.1 Å². The standard InChI is InChI=1S/C21H28ClN7O2/c1-3-13(2)11-24-19-15(18(23)30)12-25-20(28-19)26-14-6-7-16(22)17(10-14)27-21(31)29-8-4-5-9-29/h6-7,10,12-13H,3-5,8-9,11H2,1-2H3,(H2,23,30)(H,27,31)(H2,24,25,26,28). The van der Waals surface area contributed by atoms with Gasteiger partial charge in [0.1, 0.15) is 5.82 Å². The third-order valence-corrected chi connectivity index (χ3v) is 5.56. The highest BCUT2D eigenvalue weighted by atomic mass is 35.5. The number of nitrogens with zero attached hydrogens (tertiary/aromatic N) is 3. The average Bonchev–Trinajstić information content (AvgIpc) is 3.29. The topological polar surface area (TPSA) is 125 Å². The Morgan fingerprint density at radius 3 is 2.71 bits per heavy atom. The summed E-state index contributed by atoms with van der Waals surface area (Å²) in [7, 11) is 0. The van der Waals surface area contributed by atoms with E-state index in [4.69, 9.17) is 17.3 Å². The van der Waals surface area contributed by atoms with E-state index in [2.05, 4.69) is 39.8 Å². The molecule has 0 radical (unpaired) electrons. The van der Waals surface area contributed by atoms with Crippen LogP contribution < -0.4 is 21.7 Å². The van der Waals surface area contributed by atoms with Gasteiger partial charge in [-0.2, -0.15) is 4.98 Å². The summed E-state index contributed by atoms with van der Waals surface area (Å²) < 4.78 is 0. The highest BCUT2D eigenvalue weighted by molar-refractivity contribution is 6.33. The van der Waals surface area contributed by atoms with Crippen LogP contribution in [-0.4, -0.2) is 46.4 Å². The molecule has 9 nitrogen and oxygen atoms in total. The van der Waals surface area contributed by atoms with E-state index in [0.717, 1.165) is 32.4 Å². The molecule has 1 aromatic heterocycles. The molecule has 1 aliphatic rings. The number of hydrogen-bond donors (Lipinski definition) is 4. The maximum atomic E-state index is 12.4. The summed E-state index contributed by atoms with van der Waals surface area (Å²) in [6, 6.07) is 4.98. The molecule has 1 unspecified atom stereocenters. The molecule has 0 aliphatic carbocycles. The molecule has 1 aliphatic heterocycles. The van der Waals surface area contributed by atoms with Crippen LogP contribution in [0.5, 0.6) is 0 Å². The van der Waals surface area contributed by atoms with Crippen LogP contribution in [0.15, 0.2) is 24.4 Å². The van der Waals surface area contributed by atoms with Gasteiger partial charge in [-0.3, -0.25) is 4.79 Å². The first-order chi connectivity index (χ1) is 14.9. The zero-order valence-electron chi connectivity index (χ0n) is 17.7. The lowest BCUT2D eigenvalue weighted by molar-refractivity contribution is 0.100. The number of carbonyl (C=O) groups is 2. The van der Waals surface area contributed by atoms with Crippen LogP contribution in [0.1, 0.15) is 43.5 Å². The Kier molecular flexibility index (Phi) is 7.51. The highest BCUT2D eigenvalue weighted by Crippen LogP contribution is 2.28. The number of hydrogen-bond acceptors (Lipinski definition) is 6. The molecule has 1 saturated heterocycles. The van der Waals surface area contributed by atoms with Crippen LogP contribution in [0.2, 0.25) is 5.02 Å². The molecular weight excluding hydrogens is 418 g/mol. The lowest BCUT2D eigenvalue weighted by Crippen LogP contribution is -2.32. The number of nitrogens with one attached hydrogen (secondary N) is 3. The van der Waals surface area contributed by atoms with Gasteiger partial charge in [-0.1, -0.05) is 31.9 Å². The largest absolute Gasteiger partial charge is 0.369 e. The van der Waals surface area contributed by atoms with Crippen molar-refractivity contribution in [1.82, 2.24) is 14.9 Å². The number of nitrogens with two attached hydrogens (primary N) is 1. The zero-order valence-corrected chi connectivity index (χ0v) is 18.5. The maximum absolute atomic E-state index is 12.4. The van der Waals surface area contributed by atoms with Crippen molar-refractivity contribution >= 4 is 46.7 Å². The van der Waals surface area contributed by atoms with Gasteiger partial charge < -0.3 is 26.6 Å². The Hall–Kier alpha value is -3.07. The number of amides is 3. The Balaban J connectivity index is 1.76. The number of rotatable bonds is 8. The number of halogens is 1. The molecule has 0 saturated carbocycles. The van der Waals surface area contributed by atoms with Crippen LogP contribution in [0, 0.1) is 5.92 Å². The lowest BCUT2D eigenvalue weighted by Gasteiger charge is -2.17. The monoisotopic (exact) mass is 445 g/mol. The minimum absolute atomic E-state index is 0.171. The predicted octanol–water partition coefficient (Wildman–Crippen LogP) is 4.06. The van der Waals surface area contributed by atoms with E-state index in [1.54, 1.807) is 23.1 Å². The fourth-order valence-corrected chi connectivity index (χ4v) is 3.28. The fourth-order valence-electron chi connectivity index (χ4n) is 3.11. The number of urea groups is 1. The maximum Gasteiger partial charge on any atom is 0.321 e. The Bertz CT molecular complexity index is 947. The Labute approximate surface area is 186 Å². The number of benzene rings is 1. The first kappa shape index (κ1) is 22.6. The van der Waals surface area contributed by atoms with Gasteiger partial charge in [-0.05, 0) is 37.0 Å².